The predicted octanol–water partition coefficient (Wildman–Crippen LogP) is 0.725. The van der Waals surface area contributed by atoms with Crippen LogP contribution in [0.25, 0.3) is 10.9 Å². The number of carbonyl (C=O) groups is 4. The highest BCUT2D eigenvalue weighted by Crippen LogP contribution is 2.25. The van der Waals surface area contributed by atoms with Crippen LogP contribution in [0.4, 0.5) is 0 Å². The van der Waals surface area contributed by atoms with Gasteiger partial charge >= 0.3 is 0 Å². The molecule has 0 radical (unpaired) electrons. The summed E-state index contributed by atoms with van der Waals surface area (Å²) in [6, 6.07) is 6.15. The molecule has 1 aliphatic rings. The fourth-order valence-corrected chi connectivity index (χ4v) is 3.63. The predicted molar refractivity (Wildman–Crippen MR) is 111 cm³/mol. The minimum absolute atomic E-state index is 0.140. The van der Waals surface area contributed by atoms with Gasteiger partial charge in [0.25, 0.3) is 5.91 Å². The lowest BCUT2D eigenvalue weighted by molar-refractivity contribution is -0.128. The van der Waals surface area contributed by atoms with Gasteiger partial charge in [-0.25, -0.2) is 0 Å². The van der Waals surface area contributed by atoms with Crippen LogP contribution < -0.4 is 20.7 Å². The SMILES string of the molecule is COc1cccc2[nH]c(C(=O)NCC(=O)NC(C[C@@H]3CCNC3=O)C(=O)CCl)cc12. The van der Waals surface area contributed by atoms with Crippen LogP contribution in [0.2, 0.25) is 0 Å². The van der Waals surface area contributed by atoms with Gasteiger partial charge in [0.05, 0.1) is 25.6 Å². The Hall–Kier alpha value is -3.07. The summed E-state index contributed by atoms with van der Waals surface area (Å²) in [6.45, 7) is 0.221. The van der Waals surface area contributed by atoms with Crippen LogP contribution >= 0.6 is 11.6 Å². The number of benzene rings is 1. The van der Waals surface area contributed by atoms with Gasteiger partial charge in [-0.2, -0.15) is 0 Å². The van der Waals surface area contributed by atoms with Crippen molar-refractivity contribution in [1.29, 1.82) is 0 Å². The van der Waals surface area contributed by atoms with E-state index >= 15 is 0 Å². The van der Waals surface area contributed by atoms with Crippen LogP contribution in [0.15, 0.2) is 24.3 Å². The summed E-state index contributed by atoms with van der Waals surface area (Å²) in [6.07, 6.45) is 0.778. The molecule has 4 N–H and O–H groups in total. The Morgan fingerprint density at radius 2 is 2.13 bits per heavy atom. The summed E-state index contributed by atoms with van der Waals surface area (Å²) in [5.41, 5.74) is 1.00. The van der Waals surface area contributed by atoms with Crippen LogP contribution in [0.3, 0.4) is 0 Å². The minimum Gasteiger partial charge on any atom is -0.496 e. The van der Waals surface area contributed by atoms with Gasteiger partial charge in [0.15, 0.2) is 5.78 Å². The lowest BCUT2D eigenvalue weighted by Crippen LogP contribution is -2.47. The first kappa shape index (κ1) is 21.6. The number of ether oxygens (including phenoxy) is 1. The van der Waals surface area contributed by atoms with E-state index in [0.29, 0.717) is 18.7 Å². The summed E-state index contributed by atoms with van der Waals surface area (Å²) < 4.78 is 5.27. The summed E-state index contributed by atoms with van der Waals surface area (Å²) >= 11 is 5.64. The molecule has 30 heavy (non-hydrogen) atoms. The molecule has 0 aliphatic carbocycles. The molecule has 1 unspecified atom stereocenters. The standard InChI is InChI=1S/C20H23ClN4O5/c1-30-17-4-2-3-13-12(17)8-15(24-13)20(29)23-10-18(27)25-14(16(26)9-21)7-11-5-6-22-19(11)28/h2-4,8,11,14,24H,5-7,9-10H2,1H3,(H,22,28)(H,23,29)(H,25,27)/t11-,14?/m0/s1. The molecule has 1 fully saturated rings. The topological polar surface area (TPSA) is 129 Å². The van der Waals surface area contributed by atoms with E-state index in [1.165, 1.54) is 0 Å². The molecule has 0 spiro atoms. The number of aromatic nitrogens is 1. The number of halogens is 1. The number of amides is 3. The molecular formula is C20H23ClN4O5. The second-order valence-corrected chi connectivity index (χ2v) is 7.29. The van der Waals surface area contributed by atoms with Gasteiger partial charge in [0.1, 0.15) is 11.4 Å². The maximum absolute atomic E-state index is 12.4. The Kier molecular flexibility index (Phi) is 6.94. The number of rotatable bonds is 9. The second-order valence-electron chi connectivity index (χ2n) is 7.02. The highest BCUT2D eigenvalue weighted by Gasteiger charge is 2.30. The number of aromatic amines is 1. The number of hydrogen-bond donors (Lipinski definition) is 4. The summed E-state index contributed by atoms with van der Waals surface area (Å²) in [7, 11) is 1.54. The fraction of sp³-hybridized carbons (Fsp3) is 0.400. The van der Waals surface area contributed by atoms with Gasteiger partial charge in [-0.3, -0.25) is 19.2 Å². The van der Waals surface area contributed by atoms with Crippen LogP contribution in [0, 0.1) is 5.92 Å². The van der Waals surface area contributed by atoms with Gasteiger partial charge in [-0.15, -0.1) is 11.6 Å². The molecular weight excluding hydrogens is 412 g/mol. The Bertz CT molecular complexity index is 973. The zero-order valence-corrected chi connectivity index (χ0v) is 17.2. The van der Waals surface area contributed by atoms with Crippen molar-refractivity contribution in [2.75, 3.05) is 26.1 Å². The number of methoxy groups -OCH3 is 1. The first-order valence-corrected chi connectivity index (χ1v) is 10.1. The fourth-order valence-electron chi connectivity index (χ4n) is 3.45. The van der Waals surface area contributed by atoms with E-state index in [0.717, 1.165) is 10.9 Å². The molecule has 2 atom stereocenters. The second kappa shape index (κ2) is 9.62. The van der Waals surface area contributed by atoms with Gasteiger partial charge in [-0.1, -0.05) is 6.07 Å². The smallest absolute Gasteiger partial charge is 0.268 e. The molecule has 1 aromatic heterocycles. The van der Waals surface area contributed by atoms with E-state index in [2.05, 4.69) is 20.9 Å². The third-order valence-electron chi connectivity index (χ3n) is 5.04. The molecule has 3 rings (SSSR count). The van der Waals surface area contributed by atoms with E-state index < -0.39 is 17.9 Å². The van der Waals surface area contributed by atoms with Crippen molar-refractivity contribution in [3.05, 3.63) is 30.0 Å². The minimum atomic E-state index is -0.877. The maximum atomic E-state index is 12.4. The molecule has 3 amide bonds. The quantitative estimate of drug-likeness (QED) is 0.432. The van der Waals surface area contributed by atoms with Gasteiger partial charge in [-0.05, 0) is 31.0 Å². The van der Waals surface area contributed by atoms with Gasteiger partial charge in [0, 0.05) is 23.4 Å². The van der Waals surface area contributed by atoms with E-state index in [1.807, 2.05) is 6.07 Å². The monoisotopic (exact) mass is 434 g/mol. The van der Waals surface area contributed by atoms with Crippen molar-refractivity contribution in [2.45, 2.75) is 18.9 Å². The lowest BCUT2D eigenvalue weighted by atomic mass is 9.96. The Morgan fingerprint density at radius 1 is 1.33 bits per heavy atom. The van der Waals surface area contributed by atoms with Crippen LogP contribution in [0.1, 0.15) is 23.3 Å². The van der Waals surface area contributed by atoms with E-state index in [1.54, 1.807) is 25.3 Å². The Balaban J connectivity index is 1.58. The maximum Gasteiger partial charge on any atom is 0.268 e. The number of Topliss-reactive ketones (excluding diaryl/α,β-unsaturated/α-hetero) is 1. The summed E-state index contributed by atoms with van der Waals surface area (Å²) in [4.78, 5) is 51.5. The first-order chi connectivity index (χ1) is 14.4. The number of H-pyrrole nitrogens is 1. The number of carbonyl (C=O) groups excluding carboxylic acids is 4. The number of fused-ring (bicyclic) bond motifs is 1. The van der Waals surface area contributed by atoms with Crippen LogP contribution in [0.5, 0.6) is 5.75 Å². The van der Waals surface area contributed by atoms with Crippen LogP contribution in [-0.4, -0.2) is 60.6 Å². The highest BCUT2D eigenvalue weighted by molar-refractivity contribution is 6.28. The van der Waals surface area contributed by atoms with Gasteiger partial charge < -0.3 is 25.7 Å². The average Bonchev–Trinajstić information content (AvgIpc) is 3.36. The van der Waals surface area contributed by atoms with Crippen LogP contribution in [-0.2, 0) is 14.4 Å². The Labute approximate surface area is 177 Å². The normalized spacial score (nSPS) is 16.7. The largest absolute Gasteiger partial charge is 0.496 e. The van der Waals surface area contributed by atoms with Crippen molar-refractivity contribution >= 4 is 46.0 Å². The van der Waals surface area contributed by atoms with Crippen molar-refractivity contribution in [2.24, 2.45) is 5.92 Å². The zero-order valence-electron chi connectivity index (χ0n) is 16.4. The lowest BCUT2D eigenvalue weighted by Gasteiger charge is -2.19. The Morgan fingerprint density at radius 3 is 2.80 bits per heavy atom. The zero-order chi connectivity index (χ0) is 21.7. The molecule has 2 aromatic rings. The molecule has 0 bridgehead atoms. The average molecular weight is 435 g/mol. The third kappa shape index (κ3) is 4.91. The van der Waals surface area contributed by atoms with E-state index in [9.17, 15) is 19.2 Å². The number of hydrogen-bond acceptors (Lipinski definition) is 5. The number of nitrogens with one attached hydrogen (secondary N) is 4. The number of alkyl halides is 1. The molecule has 0 saturated carbocycles. The van der Waals surface area contributed by atoms with Crippen molar-refractivity contribution in [3.63, 3.8) is 0 Å². The summed E-state index contributed by atoms with van der Waals surface area (Å²) in [5.74, 6) is -1.53. The number of ketones is 1. The molecule has 2 heterocycles. The summed E-state index contributed by atoms with van der Waals surface area (Å²) in [5, 5.41) is 8.53. The van der Waals surface area contributed by atoms with Gasteiger partial charge in [0.2, 0.25) is 11.8 Å². The third-order valence-corrected chi connectivity index (χ3v) is 5.30. The molecule has 9 nitrogen and oxygen atoms in total. The van der Waals surface area contributed by atoms with Crippen molar-refractivity contribution in [3.8, 4) is 5.75 Å². The molecule has 160 valence electrons. The van der Waals surface area contributed by atoms with Crippen molar-refractivity contribution in [1.82, 2.24) is 20.9 Å². The highest BCUT2D eigenvalue weighted by atomic mass is 35.5. The molecule has 1 saturated heterocycles. The van der Waals surface area contributed by atoms with E-state index in [-0.39, 0.29) is 42.1 Å². The molecule has 10 heteroatoms. The van der Waals surface area contributed by atoms with Crippen molar-refractivity contribution < 1.29 is 23.9 Å². The first-order valence-electron chi connectivity index (χ1n) is 9.52. The molecule has 1 aromatic carbocycles. The molecule has 1 aliphatic heterocycles. The van der Waals surface area contributed by atoms with E-state index in [4.69, 9.17) is 16.3 Å².